The van der Waals surface area contributed by atoms with E-state index >= 15 is 0 Å². The van der Waals surface area contributed by atoms with Crippen LogP contribution in [0.15, 0.2) is 24.3 Å². The number of ether oxygens (including phenoxy) is 2. The van der Waals surface area contributed by atoms with Gasteiger partial charge in [0.15, 0.2) is 0 Å². The number of hydrogen-bond acceptors (Lipinski definition) is 7. The molecule has 7 nitrogen and oxygen atoms in total. The van der Waals surface area contributed by atoms with Crippen molar-refractivity contribution in [1.82, 2.24) is 15.0 Å². The van der Waals surface area contributed by atoms with Crippen LogP contribution in [0.2, 0.25) is 0 Å². The summed E-state index contributed by atoms with van der Waals surface area (Å²) in [7, 11) is 3.46. The first-order valence-corrected chi connectivity index (χ1v) is 6.16. The summed E-state index contributed by atoms with van der Waals surface area (Å²) in [5.74, 6) is 1.33. The van der Waals surface area contributed by atoms with Crippen LogP contribution < -0.4 is 20.1 Å². The molecule has 1 aromatic heterocycles. The second kappa shape index (κ2) is 6.05. The minimum Gasteiger partial charge on any atom is -0.497 e. The fourth-order valence-electron chi connectivity index (χ4n) is 1.63. The molecule has 0 bridgehead atoms. The average molecular weight is 275 g/mol. The number of nitrogens with two attached hydrogens (primary N) is 1. The number of hydrogen-bond donors (Lipinski definition) is 1. The van der Waals surface area contributed by atoms with E-state index in [0.717, 1.165) is 11.4 Å². The molecule has 0 fully saturated rings. The van der Waals surface area contributed by atoms with Crippen LogP contribution in [0, 0.1) is 0 Å². The summed E-state index contributed by atoms with van der Waals surface area (Å²) in [6.07, 6.45) is 0. The average Bonchev–Trinajstić information content (AvgIpc) is 2.46. The summed E-state index contributed by atoms with van der Waals surface area (Å²) in [5.41, 5.74) is 6.56. The molecule has 106 valence electrons. The molecule has 0 aliphatic heterocycles. The Morgan fingerprint density at radius 3 is 2.45 bits per heavy atom. The van der Waals surface area contributed by atoms with Gasteiger partial charge in [0.1, 0.15) is 5.75 Å². The van der Waals surface area contributed by atoms with Crippen LogP contribution >= 0.6 is 0 Å². The quantitative estimate of drug-likeness (QED) is 0.887. The van der Waals surface area contributed by atoms with Crippen LogP contribution in [0.4, 0.5) is 17.6 Å². The highest BCUT2D eigenvalue weighted by atomic mass is 16.5. The van der Waals surface area contributed by atoms with E-state index in [-0.39, 0.29) is 12.0 Å². The van der Waals surface area contributed by atoms with E-state index in [4.69, 9.17) is 15.2 Å². The van der Waals surface area contributed by atoms with Crippen molar-refractivity contribution in [2.24, 2.45) is 0 Å². The number of rotatable bonds is 5. The van der Waals surface area contributed by atoms with Gasteiger partial charge in [0.25, 0.3) is 0 Å². The van der Waals surface area contributed by atoms with Crippen molar-refractivity contribution in [3.8, 4) is 11.8 Å². The Hall–Kier alpha value is -2.57. The van der Waals surface area contributed by atoms with Crippen LogP contribution in [0.1, 0.15) is 6.92 Å². The predicted molar refractivity (Wildman–Crippen MR) is 76.5 cm³/mol. The summed E-state index contributed by atoms with van der Waals surface area (Å²) < 4.78 is 10.4. The SMILES string of the molecule is CCOc1nc(N)nc(N(C)c2ccc(OC)cc2)n1. The van der Waals surface area contributed by atoms with Crippen LogP contribution in [0.5, 0.6) is 11.8 Å². The van der Waals surface area contributed by atoms with Crippen molar-refractivity contribution in [2.75, 3.05) is 31.4 Å². The lowest BCUT2D eigenvalue weighted by molar-refractivity contribution is 0.312. The third-order valence-electron chi connectivity index (χ3n) is 2.65. The monoisotopic (exact) mass is 275 g/mol. The molecule has 1 aromatic carbocycles. The maximum absolute atomic E-state index is 5.66. The molecule has 0 aliphatic rings. The summed E-state index contributed by atoms with van der Waals surface area (Å²) >= 11 is 0. The molecule has 0 unspecified atom stereocenters. The highest BCUT2D eigenvalue weighted by molar-refractivity contribution is 5.58. The lowest BCUT2D eigenvalue weighted by Gasteiger charge is -2.17. The fourth-order valence-corrected chi connectivity index (χ4v) is 1.63. The first kappa shape index (κ1) is 13.9. The molecular weight excluding hydrogens is 258 g/mol. The molecule has 0 spiro atoms. The first-order valence-electron chi connectivity index (χ1n) is 6.16. The Labute approximate surface area is 117 Å². The minimum atomic E-state index is 0.124. The zero-order valence-corrected chi connectivity index (χ0v) is 11.7. The standard InChI is InChI=1S/C13H17N5O2/c1-4-20-13-16-11(14)15-12(17-13)18(2)9-5-7-10(19-3)8-6-9/h5-8H,4H2,1-3H3,(H2,14,15,16,17). The third kappa shape index (κ3) is 3.05. The first-order chi connectivity index (χ1) is 9.63. The van der Waals surface area contributed by atoms with E-state index < -0.39 is 0 Å². The van der Waals surface area contributed by atoms with Crippen molar-refractivity contribution < 1.29 is 9.47 Å². The number of aromatic nitrogens is 3. The van der Waals surface area contributed by atoms with Crippen molar-refractivity contribution in [3.63, 3.8) is 0 Å². The van der Waals surface area contributed by atoms with Gasteiger partial charge >= 0.3 is 6.01 Å². The Kier molecular flexibility index (Phi) is 4.19. The molecule has 2 aromatic rings. The predicted octanol–water partition coefficient (Wildman–Crippen LogP) is 1.63. The smallest absolute Gasteiger partial charge is 0.323 e. The second-order valence-corrected chi connectivity index (χ2v) is 3.97. The zero-order valence-electron chi connectivity index (χ0n) is 11.7. The van der Waals surface area contributed by atoms with E-state index in [1.54, 1.807) is 12.0 Å². The molecule has 0 saturated carbocycles. The molecule has 0 radical (unpaired) electrons. The maximum Gasteiger partial charge on any atom is 0.323 e. The Bertz CT molecular complexity index is 573. The molecule has 7 heteroatoms. The van der Waals surface area contributed by atoms with Gasteiger partial charge in [0.05, 0.1) is 13.7 Å². The van der Waals surface area contributed by atoms with Crippen LogP contribution in [-0.4, -0.2) is 35.7 Å². The van der Waals surface area contributed by atoms with Gasteiger partial charge < -0.3 is 20.1 Å². The van der Waals surface area contributed by atoms with Gasteiger partial charge in [-0.3, -0.25) is 0 Å². The summed E-state index contributed by atoms with van der Waals surface area (Å²) in [6.45, 7) is 2.32. The topological polar surface area (TPSA) is 86.4 Å². The van der Waals surface area contributed by atoms with Gasteiger partial charge in [0, 0.05) is 12.7 Å². The lowest BCUT2D eigenvalue weighted by atomic mass is 10.3. The molecule has 0 aliphatic carbocycles. The normalized spacial score (nSPS) is 10.2. The Morgan fingerprint density at radius 2 is 1.85 bits per heavy atom. The Morgan fingerprint density at radius 1 is 1.15 bits per heavy atom. The van der Waals surface area contributed by atoms with E-state index in [1.807, 2.05) is 38.2 Å². The van der Waals surface area contributed by atoms with Crippen molar-refractivity contribution >= 4 is 17.6 Å². The number of nitrogen functional groups attached to an aromatic ring is 1. The van der Waals surface area contributed by atoms with E-state index in [0.29, 0.717) is 12.6 Å². The summed E-state index contributed by atoms with van der Waals surface area (Å²) in [6, 6.07) is 7.74. The van der Waals surface area contributed by atoms with Crippen LogP contribution in [0.25, 0.3) is 0 Å². The van der Waals surface area contributed by atoms with Crippen molar-refractivity contribution in [3.05, 3.63) is 24.3 Å². The molecule has 20 heavy (non-hydrogen) atoms. The largest absolute Gasteiger partial charge is 0.497 e. The number of methoxy groups -OCH3 is 1. The Balaban J connectivity index is 2.29. The summed E-state index contributed by atoms with van der Waals surface area (Å²) in [5, 5.41) is 0. The van der Waals surface area contributed by atoms with Gasteiger partial charge in [-0.25, -0.2) is 0 Å². The lowest BCUT2D eigenvalue weighted by Crippen LogP contribution is -2.15. The molecule has 2 N–H and O–H groups in total. The van der Waals surface area contributed by atoms with Crippen molar-refractivity contribution in [1.29, 1.82) is 0 Å². The minimum absolute atomic E-state index is 0.124. The van der Waals surface area contributed by atoms with Gasteiger partial charge in [-0.1, -0.05) is 0 Å². The molecule has 0 atom stereocenters. The molecule has 0 saturated heterocycles. The molecule has 2 rings (SSSR count). The second-order valence-electron chi connectivity index (χ2n) is 3.97. The molecule has 1 heterocycles. The van der Waals surface area contributed by atoms with Gasteiger partial charge in [-0.2, -0.15) is 15.0 Å². The zero-order chi connectivity index (χ0) is 14.5. The fraction of sp³-hybridized carbons (Fsp3) is 0.308. The number of nitrogens with zero attached hydrogens (tertiary/aromatic N) is 4. The van der Waals surface area contributed by atoms with Crippen molar-refractivity contribution in [2.45, 2.75) is 6.92 Å². The van der Waals surface area contributed by atoms with E-state index in [9.17, 15) is 0 Å². The third-order valence-corrected chi connectivity index (χ3v) is 2.65. The number of anilines is 3. The van der Waals surface area contributed by atoms with Crippen LogP contribution in [0.3, 0.4) is 0 Å². The van der Waals surface area contributed by atoms with Gasteiger partial charge in [-0.15, -0.1) is 0 Å². The van der Waals surface area contributed by atoms with Crippen LogP contribution in [-0.2, 0) is 0 Å². The summed E-state index contributed by atoms with van der Waals surface area (Å²) in [4.78, 5) is 14.0. The molecular formula is C13H17N5O2. The van der Waals surface area contributed by atoms with Gasteiger partial charge in [0.2, 0.25) is 11.9 Å². The number of benzene rings is 1. The van der Waals surface area contributed by atoms with E-state index in [2.05, 4.69) is 15.0 Å². The molecule has 0 amide bonds. The highest BCUT2D eigenvalue weighted by Gasteiger charge is 2.11. The van der Waals surface area contributed by atoms with E-state index in [1.165, 1.54) is 0 Å². The van der Waals surface area contributed by atoms with Gasteiger partial charge in [-0.05, 0) is 31.2 Å². The maximum atomic E-state index is 5.66. The highest BCUT2D eigenvalue weighted by Crippen LogP contribution is 2.24.